The van der Waals surface area contributed by atoms with Gasteiger partial charge in [-0.3, -0.25) is 9.80 Å². The summed E-state index contributed by atoms with van der Waals surface area (Å²) >= 11 is 0. The second-order valence-corrected chi connectivity index (χ2v) is 4.77. The minimum Gasteiger partial charge on any atom is -0.380 e. The van der Waals surface area contributed by atoms with Gasteiger partial charge in [-0.2, -0.15) is 0 Å². The van der Waals surface area contributed by atoms with Crippen molar-refractivity contribution in [2.45, 2.75) is 26.8 Å². The molecule has 0 bridgehead atoms. The number of hydrogen-bond acceptors (Lipinski definition) is 3. The molecular formula is C13H26N2O. The zero-order valence-corrected chi connectivity index (χ0v) is 11.0. The zero-order valence-electron chi connectivity index (χ0n) is 11.0. The molecule has 1 aliphatic heterocycles. The van der Waals surface area contributed by atoms with Gasteiger partial charge in [-0.15, -0.1) is 0 Å². The average Bonchev–Trinajstić information content (AvgIpc) is 2.20. The van der Waals surface area contributed by atoms with Crippen LogP contribution in [0.1, 0.15) is 20.8 Å². The van der Waals surface area contributed by atoms with Gasteiger partial charge in [0.15, 0.2) is 0 Å². The molecule has 1 aliphatic rings. The van der Waals surface area contributed by atoms with Crippen molar-refractivity contribution in [3.63, 3.8) is 0 Å². The van der Waals surface area contributed by atoms with Crippen LogP contribution in [-0.2, 0) is 4.74 Å². The molecule has 0 saturated carbocycles. The molecule has 16 heavy (non-hydrogen) atoms. The minimum atomic E-state index is 0.633. The Bertz CT molecular complexity index is 218. The van der Waals surface area contributed by atoms with Gasteiger partial charge in [-0.1, -0.05) is 12.2 Å². The maximum Gasteiger partial charge on any atom is 0.0593 e. The van der Waals surface area contributed by atoms with Gasteiger partial charge in [0.05, 0.1) is 6.61 Å². The zero-order chi connectivity index (χ0) is 12.0. The lowest BCUT2D eigenvalue weighted by Gasteiger charge is -2.39. The van der Waals surface area contributed by atoms with Crippen LogP contribution in [0.3, 0.4) is 0 Å². The Morgan fingerprint density at radius 1 is 1.44 bits per heavy atom. The first-order valence-corrected chi connectivity index (χ1v) is 6.32. The Morgan fingerprint density at radius 2 is 2.19 bits per heavy atom. The molecule has 0 aromatic carbocycles. The molecule has 0 aliphatic carbocycles. The molecular weight excluding hydrogens is 200 g/mol. The molecule has 94 valence electrons. The van der Waals surface area contributed by atoms with Gasteiger partial charge in [0.2, 0.25) is 0 Å². The van der Waals surface area contributed by atoms with E-state index in [-0.39, 0.29) is 0 Å². The molecule has 1 rings (SSSR count). The maximum atomic E-state index is 5.41. The summed E-state index contributed by atoms with van der Waals surface area (Å²) in [6, 6.07) is 0.633. The molecule has 0 aromatic rings. The SMILES string of the molecule is C=C(C)CN1CCN(CCOCC)C(C)C1. The highest BCUT2D eigenvalue weighted by Gasteiger charge is 2.22. The van der Waals surface area contributed by atoms with Gasteiger partial charge in [0.25, 0.3) is 0 Å². The first-order chi connectivity index (χ1) is 7.63. The van der Waals surface area contributed by atoms with Crippen molar-refractivity contribution in [2.24, 2.45) is 0 Å². The number of nitrogens with zero attached hydrogens (tertiary/aromatic N) is 2. The fraction of sp³-hybridized carbons (Fsp3) is 0.846. The van der Waals surface area contributed by atoms with Gasteiger partial charge in [0.1, 0.15) is 0 Å². The lowest BCUT2D eigenvalue weighted by atomic mass is 10.1. The Morgan fingerprint density at radius 3 is 2.75 bits per heavy atom. The van der Waals surface area contributed by atoms with Gasteiger partial charge in [-0.25, -0.2) is 0 Å². The first kappa shape index (κ1) is 13.7. The summed E-state index contributed by atoms with van der Waals surface area (Å²) in [5, 5.41) is 0. The maximum absolute atomic E-state index is 5.41. The summed E-state index contributed by atoms with van der Waals surface area (Å²) in [4.78, 5) is 5.01. The summed E-state index contributed by atoms with van der Waals surface area (Å²) < 4.78 is 5.41. The van der Waals surface area contributed by atoms with Crippen LogP contribution in [0.25, 0.3) is 0 Å². The van der Waals surface area contributed by atoms with E-state index in [1.54, 1.807) is 0 Å². The van der Waals surface area contributed by atoms with Gasteiger partial charge < -0.3 is 4.74 Å². The van der Waals surface area contributed by atoms with Crippen molar-refractivity contribution < 1.29 is 4.74 Å². The second kappa shape index (κ2) is 7.05. The number of rotatable bonds is 6. The Hall–Kier alpha value is -0.380. The Balaban J connectivity index is 2.25. The summed E-state index contributed by atoms with van der Waals surface area (Å²) in [5.41, 5.74) is 1.26. The second-order valence-electron chi connectivity index (χ2n) is 4.77. The van der Waals surface area contributed by atoms with Crippen molar-refractivity contribution in [3.8, 4) is 0 Å². The quantitative estimate of drug-likeness (QED) is 0.505. The average molecular weight is 226 g/mol. The van der Waals surface area contributed by atoms with Gasteiger partial charge in [-0.05, 0) is 20.8 Å². The number of ether oxygens (including phenoxy) is 1. The third-order valence-electron chi connectivity index (χ3n) is 3.07. The minimum absolute atomic E-state index is 0.633. The molecule has 0 aromatic heterocycles. The summed E-state index contributed by atoms with van der Waals surface area (Å²) in [7, 11) is 0. The van der Waals surface area contributed by atoms with Crippen LogP contribution in [0, 0.1) is 0 Å². The number of piperazine rings is 1. The fourth-order valence-corrected chi connectivity index (χ4v) is 2.25. The van der Waals surface area contributed by atoms with Crippen LogP contribution < -0.4 is 0 Å². The highest BCUT2D eigenvalue weighted by Crippen LogP contribution is 2.10. The molecule has 1 atom stereocenters. The third kappa shape index (κ3) is 4.64. The van der Waals surface area contributed by atoms with Crippen LogP contribution in [0.4, 0.5) is 0 Å². The van der Waals surface area contributed by atoms with E-state index in [4.69, 9.17) is 4.74 Å². The van der Waals surface area contributed by atoms with E-state index in [0.717, 1.165) is 45.9 Å². The van der Waals surface area contributed by atoms with E-state index < -0.39 is 0 Å². The Kier molecular flexibility index (Phi) is 6.03. The van der Waals surface area contributed by atoms with E-state index in [1.165, 1.54) is 5.57 Å². The van der Waals surface area contributed by atoms with Gasteiger partial charge >= 0.3 is 0 Å². The van der Waals surface area contributed by atoms with E-state index in [1.807, 2.05) is 6.92 Å². The van der Waals surface area contributed by atoms with Crippen molar-refractivity contribution >= 4 is 0 Å². The van der Waals surface area contributed by atoms with Crippen molar-refractivity contribution in [1.29, 1.82) is 0 Å². The van der Waals surface area contributed by atoms with Crippen LogP contribution in [0.2, 0.25) is 0 Å². The molecule has 0 N–H and O–H groups in total. The van der Waals surface area contributed by atoms with Crippen molar-refractivity contribution in [3.05, 3.63) is 12.2 Å². The van der Waals surface area contributed by atoms with E-state index >= 15 is 0 Å². The molecule has 0 amide bonds. The lowest BCUT2D eigenvalue weighted by molar-refractivity contribution is 0.0527. The summed E-state index contributed by atoms with van der Waals surface area (Å²) in [6.45, 7) is 17.7. The standard InChI is InChI=1S/C13H26N2O/c1-5-16-9-8-15-7-6-14(10-12(2)3)11-13(15)4/h13H,2,5-11H2,1,3-4H3. The summed E-state index contributed by atoms with van der Waals surface area (Å²) in [6.07, 6.45) is 0. The molecule has 3 nitrogen and oxygen atoms in total. The first-order valence-electron chi connectivity index (χ1n) is 6.32. The van der Waals surface area contributed by atoms with E-state index in [2.05, 4.69) is 30.2 Å². The van der Waals surface area contributed by atoms with E-state index in [0.29, 0.717) is 6.04 Å². The largest absolute Gasteiger partial charge is 0.380 e. The topological polar surface area (TPSA) is 15.7 Å². The Labute approximate surface area is 100 Å². The lowest BCUT2D eigenvalue weighted by Crippen LogP contribution is -2.52. The molecule has 1 unspecified atom stereocenters. The van der Waals surface area contributed by atoms with Gasteiger partial charge in [0, 0.05) is 45.4 Å². The predicted molar refractivity (Wildman–Crippen MR) is 68.8 cm³/mol. The summed E-state index contributed by atoms with van der Waals surface area (Å²) in [5.74, 6) is 0. The smallest absolute Gasteiger partial charge is 0.0593 e. The highest BCUT2D eigenvalue weighted by atomic mass is 16.5. The molecule has 1 saturated heterocycles. The fourth-order valence-electron chi connectivity index (χ4n) is 2.25. The molecule has 1 fully saturated rings. The van der Waals surface area contributed by atoms with Crippen LogP contribution >= 0.6 is 0 Å². The highest BCUT2D eigenvalue weighted by molar-refractivity contribution is 4.94. The normalized spacial score (nSPS) is 23.6. The van der Waals surface area contributed by atoms with Crippen molar-refractivity contribution in [2.75, 3.05) is 45.9 Å². The molecule has 3 heteroatoms. The monoisotopic (exact) mass is 226 g/mol. The van der Waals surface area contributed by atoms with Crippen LogP contribution in [0.5, 0.6) is 0 Å². The molecule has 0 radical (unpaired) electrons. The van der Waals surface area contributed by atoms with Crippen LogP contribution in [0.15, 0.2) is 12.2 Å². The van der Waals surface area contributed by atoms with Crippen molar-refractivity contribution in [1.82, 2.24) is 9.80 Å². The van der Waals surface area contributed by atoms with Crippen LogP contribution in [-0.4, -0.2) is 61.8 Å². The third-order valence-corrected chi connectivity index (χ3v) is 3.07. The predicted octanol–water partition coefficient (Wildman–Crippen LogP) is 1.61. The number of hydrogen-bond donors (Lipinski definition) is 0. The van der Waals surface area contributed by atoms with E-state index in [9.17, 15) is 0 Å². The molecule has 0 spiro atoms. The molecule has 1 heterocycles.